The highest BCUT2D eigenvalue weighted by molar-refractivity contribution is 5.83. The Morgan fingerprint density at radius 1 is 1.32 bits per heavy atom. The van der Waals surface area contributed by atoms with Gasteiger partial charge in [-0.25, -0.2) is 0 Å². The van der Waals surface area contributed by atoms with Crippen LogP contribution in [0.4, 0.5) is 11.4 Å². The van der Waals surface area contributed by atoms with Crippen LogP contribution in [0.25, 0.3) is 11.1 Å². The zero-order chi connectivity index (χ0) is 13.2. The monoisotopic (exact) mass is 250 g/mol. The third-order valence-electron chi connectivity index (χ3n) is 3.42. The van der Waals surface area contributed by atoms with Crippen molar-refractivity contribution in [1.29, 1.82) is 5.26 Å². The van der Waals surface area contributed by atoms with Gasteiger partial charge in [-0.2, -0.15) is 5.26 Å². The van der Waals surface area contributed by atoms with Gasteiger partial charge in [0, 0.05) is 38.1 Å². The summed E-state index contributed by atoms with van der Waals surface area (Å²) in [4.78, 5) is 6.23. The zero-order valence-electron chi connectivity index (χ0n) is 10.7. The Morgan fingerprint density at radius 3 is 2.84 bits per heavy atom. The predicted molar refractivity (Wildman–Crippen MR) is 76.1 cm³/mol. The lowest BCUT2D eigenvalue weighted by atomic mass is 9.98. The van der Waals surface area contributed by atoms with Gasteiger partial charge in [0.15, 0.2) is 0 Å². The van der Waals surface area contributed by atoms with E-state index >= 15 is 0 Å². The number of likely N-dealkylation sites (N-methyl/N-ethyl adjacent to an activating group) is 1. The van der Waals surface area contributed by atoms with E-state index in [4.69, 9.17) is 0 Å². The molecule has 4 nitrogen and oxygen atoms in total. The van der Waals surface area contributed by atoms with Crippen molar-refractivity contribution in [2.45, 2.75) is 0 Å². The van der Waals surface area contributed by atoms with Gasteiger partial charge in [-0.15, -0.1) is 0 Å². The molecule has 2 aromatic rings. The fourth-order valence-electron chi connectivity index (χ4n) is 2.39. The van der Waals surface area contributed by atoms with Gasteiger partial charge in [0.1, 0.15) is 0 Å². The Labute approximate surface area is 112 Å². The molecule has 0 saturated heterocycles. The lowest BCUT2D eigenvalue weighted by Gasteiger charge is -2.29. The van der Waals surface area contributed by atoms with Gasteiger partial charge in [0.25, 0.3) is 0 Å². The van der Waals surface area contributed by atoms with Crippen molar-refractivity contribution in [3.8, 4) is 17.2 Å². The summed E-state index contributed by atoms with van der Waals surface area (Å²) < 4.78 is 0. The number of aromatic nitrogens is 1. The van der Waals surface area contributed by atoms with Crippen LogP contribution in [0.15, 0.2) is 36.7 Å². The molecule has 4 heteroatoms. The van der Waals surface area contributed by atoms with E-state index in [1.807, 2.05) is 18.2 Å². The van der Waals surface area contributed by atoms with E-state index in [2.05, 4.69) is 34.4 Å². The Morgan fingerprint density at radius 2 is 2.11 bits per heavy atom. The number of nitriles is 1. The maximum absolute atomic E-state index is 9.34. The molecule has 1 aliphatic heterocycles. The first-order valence-corrected chi connectivity index (χ1v) is 6.23. The van der Waals surface area contributed by atoms with Crippen LogP contribution in [0.3, 0.4) is 0 Å². The Hall–Kier alpha value is -2.54. The van der Waals surface area contributed by atoms with Crippen molar-refractivity contribution in [3.05, 3.63) is 42.2 Å². The molecule has 0 radical (unpaired) electrons. The largest absolute Gasteiger partial charge is 0.382 e. The maximum Gasteiger partial charge on any atom is 0.0998 e. The number of pyridine rings is 1. The molecule has 19 heavy (non-hydrogen) atoms. The molecule has 1 aliphatic rings. The van der Waals surface area contributed by atoms with Gasteiger partial charge in [-0.3, -0.25) is 4.98 Å². The SMILES string of the molecule is CN1CCNc2cc(C#N)c(-c3ccncc3)cc21. The molecule has 3 rings (SSSR count). The van der Waals surface area contributed by atoms with Crippen LogP contribution in [0.2, 0.25) is 0 Å². The van der Waals surface area contributed by atoms with Gasteiger partial charge >= 0.3 is 0 Å². The first-order valence-electron chi connectivity index (χ1n) is 6.23. The lowest BCUT2D eigenvalue weighted by molar-refractivity contribution is 0.887. The van der Waals surface area contributed by atoms with E-state index < -0.39 is 0 Å². The normalized spacial score (nSPS) is 13.4. The summed E-state index contributed by atoms with van der Waals surface area (Å²) in [7, 11) is 2.07. The Balaban J connectivity index is 2.20. The number of nitrogens with one attached hydrogen (secondary N) is 1. The molecule has 1 N–H and O–H groups in total. The predicted octanol–water partition coefficient (Wildman–Crippen LogP) is 2.48. The molecule has 0 spiro atoms. The van der Waals surface area contributed by atoms with Crippen LogP contribution in [0.5, 0.6) is 0 Å². The maximum atomic E-state index is 9.34. The van der Waals surface area contributed by atoms with E-state index in [-0.39, 0.29) is 0 Å². The fourth-order valence-corrected chi connectivity index (χ4v) is 2.39. The van der Waals surface area contributed by atoms with Gasteiger partial charge < -0.3 is 10.2 Å². The van der Waals surface area contributed by atoms with Crippen LogP contribution >= 0.6 is 0 Å². The van der Waals surface area contributed by atoms with Crippen LogP contribution < -0.4 is 10.2 Å². The molecule has 2 heterocycles. The molecule has 0 saturated carbocycles. The molecule has 0 bridgehead atoms. The summed E-state index contributed by atoms with van der Waals surface area (Å²) in [6.07, 6.45) is 3.50. The van der Waals surface area contributed by atoms with E-state index in [0.717, 1.165) is 35.6 Å². The van der Waals surface area contributed by atoms with Crippen LogP contribution in [-0.4, -0.2) is 25.1 Å². The average molecular weight is 250 g/mol. The summed E-state index contributed by atoms with van der Waals surface area (Å²) in [5, 5.41) is 12.7. The van der Waals surface area contributed by atoms with E-state index in [1.165, 1.54) is 0 Å². The van der Waals surface area contributed by atoms with Crippen molar-refractivity contribution in [3.63, 3.8) is 0 Å². The van der Waals surface area contributed by atoms with Crippen molar-refractivity contribution in [1.82, 2.24) is 4.98 Å². The van der Waals surface area contributed by atoms with E-state index in [9.17, 15) is 5.26 Å². The molecular weight excluding hydrogens is 236 g/mol. The first kappa shape index (κ1) is 11.5. The number of hydrogen-bond donors (Lipinski definition) is 1. The van der Waals surface area contributed by atoms with Gasteiger partial charge in [-0.05, 0) is 29.8 Å². The zero-order valence-corrected chi connectivity index (χ0v) is 10.7. The molecule has 1 aromatic carbocycles. The van der Waals surface area contributed by atoms with Gasteiger partial charge in [-0.1, -0.05) is 0 Å². The number of nitrogens with zero attached hydrogens (tertiary/aromatic N) is 3. The fraction of sp³-hybridized carbons (Fsp3) is 0.200. The first-order chi connectivity index (χ1) is 9.29. The highest BCUT2D eigenvalue weighted by Crippen LogP contribution is 2.35. The summed E-state index contributed by atoms with van der Waals surface area (Å²) >= 11 is 0. The van der Waals surface area contributed by atoms with Gasteiger partial charge in [0.05, 0.1) is 23.0 Å². The molecular formula is C15H14N4. The summed E-state index contributed by atoms with van der Waals surface area (Å²) in [6.45, 7) is 1.87. The summed E-state index contributed by atoms with van der Waals surface area (Å²) in [5.74, 6) is 0. The third-order valence-corrected chi connectivity index (χ3v) is 3.42. The number of hydrogen-bond acceptors (Lipinski definition) is 4. The molecule has 94 valence electrons. The van der Waals surface area contributed by atoms with E-state index in [0.29, 0.717) is 5.56 Å². The Kier molecular flexibility index (Phi) is 2.81. The minimum Gasteiger partial charge on any atom is -0.382 e. The van der Waals surface area contributed by atoms with Gasteiger partial charge in [0.2, 0.25) is 0 Å². The van der Waals surface area contributed by atoms with E-state index in [1.54, 1.807) is 12.4 Å². The van der Waals surface area contributed by atoms with Crippen LogP contribution in [0, 0.1) is 11.3 Å². The quantitative estimate of drug-likeness (QED) is 0.844. The molecule has 0 amide bonds. The minimum absolute atomic E-state index is 0.688. The van der Waals surface area contributed by atoms with Crippen LogP contribution in [0.1, 0.15) is 5.56 Å². The van der Waals surface area contributed by atoms with Crippen molar-refractivity contribution >= 4 is 11.4 Å². The summed E-state index contributed by atoms with van der Waals surface area (Å²) in [6, 6.07) is 10.1. The topological polar surface area (TPSA) is 52.0 Å². The number of rotatable bonds is 1. The molecule has 1 aromatic heterocycles. The van der Waals surface area contributed by atoms with Crippen molar-refractivity contribution in [2.75, 3.05) is 30.4 Å². The number of anilines is 2. The molecule has 0 aliphatic carbocycles. The smallest absolute Gasteiger partial charge is 0.0998 e. The second-order valence-corrected chi connectivity index (χ2v) is 4.61. The second-order valence-electron chi connectivity index (χ2n) is 4.61. The molecule has 0 unspecified atom stereocenters. The standard InChI is InChI=1S/C15H14N4/c1-19-7-6-18-14-8-12(10-16)13(9-15(14)19)11-2-4-17-5-3-11/h2-5,8-9,18H,6-7H2,1H3. The lowest BCUT2D eigenvalue weighted by Crippen LogP contribution is -2.30. The highest BCUT2D eigenvalue weighted by Gasteiger charge is 2.17. The molecule has 0 atom stereocenters. The second kappa shape index (κ2) is 4.62. The third kappa shape index (κ3) is 2.00. The minimum atomic E-state index is 0.688. The van der Waals surface area contributed by atoms with Crippen LogP contribution in [-0.2, 0) is 0 Å². The number of benzene rings is 1. The van der Waals surface area contributed by atoms with Crippen molar-refractivity contribution in [2.24, 2.45) is 0 Å². The van der Waals surface area contributed by atoms with Crippen molar-refractivity contribution < 1.29 is 0 Å². The average Bonchev–Trinajstić information content (AvgIpc) is 2.47. The summed E-state index contributed by atoms with van der Waals surface area (Å²) in [5.41, 5.74) is 4.83. The highest BCUT2D eigenvalue weighted by atomic mass is 15.2. The molecule has 0 fully saturated rings. The number of fused-ring (bicyclic) bond motifs is 1. The Bertz CT molecular complexity index is 643.